The predicted octanol–water partition coefficient (Wildman–Crippen LogP) is 3.47. The molecule has 1 fully saturated rings. The second-order valence-corrected chi connectivity index (χ2v) is 9.02. The van der Waals surface area contributed by atoms with E-state index in [9.17, 15) is 0 Å². The number of hydrogen-bond donors (Lipinski definition) is 1. The molecule has 0 bridgehead atoms. The Bertz CT molecular complexity index is 416. The Kier molecular flexibility index (Phi) is 5.22. The number of likely N-dealkylation sites (N-methyl/N-ethyl adjacent to an activating group) is 1. The minimum absolute atomic E-state index is 0.156. The van der Waals surface area contributed by atoms with E-state index in [2.05, 4.69) is 62.0 Å². The van der Waals surface area contributed by atoms with Crippen LogP contribution in [-0.4, -0.2) is 41.6 Å². The quantitative estimate of drug-likeness (QED) is 0.902. The lowest BCUT2D eigenvalue weighted by Crippen LogP contribution is -2.61. The topological polar surface area (TPSA) is 29.3 Å². The van der Waals surface area contributed by atoms with E-state index in [0.717, 1.165) is 18.7 Å². The highest BCUT2D eigenvalue weighted by atomic mass is 32.2. The van der Waals surface area contributed by atoms with Crippen molar-refractivity contribution in [3.8, 4) is 0 Å². The highest BCUT2D eigenvalue weighted by Gasteiger charge is 2.43. The molecule has 20 heavy (non-hydrogen) atoms. The lowest BCUT2D eigenvalue weighted by molar-refractivity contribution is 0.0614. The van der Waals surface area contributed by atoms with Gasteiger partial charge in [0.25, 0.3) is 0 Å². The molecule has 0 radical (unpaired) electrons. The van der Waals surface area contributed by atoms with E-state index >= 15 is 0 Å². The number of rotatable bonds is 5. The van der Waals surface area contributed by atoms with Gasteiger partial charge < -0.3 is 5.73 Å². The summed E-state index contributed by atoms with van der Waals surface area (Å²) in [7, 11) is 2.27. The molecule has 0 aromatic carbocycles. The summed E-state index contributed by atoms with van der Waals surface area (Å²) in [5.74, 6) is 2.42. The smallest absolute Gasteiger partial charge is 0.0427 e. The number of nitrogens with two attached hydrogens (primary N) is 1. The van der Waals surface area contributed by atoms with Crippen molar-refractivity contribution in [2.24, 2.45) is 11.1 Å². The van der Waals surface area contributed by atoms with Gasteiger partial charge in [-0.05, 0) is 49.4 Å². The summed E-state index contributed by atoms with van der Waals surface area (Å²) >= 11 is 3.93. The Morgan fingerprint density at radius 2 is 2.15 bits per heavy atom. The SMILES string of the molecule is CC(Cc1cccs1)N(C)C1(CN)CSCC(C)(C)C1. The van der Waals surface area contributed by atoms with Crippen LogP contribution < -0.4 is 5.73 Å². The first kappa shape index (κ1) is 16.3. The van der Waals surface area contributed by atoms with Gasteiger partial charge in [-0.2, -0.15) is 11.8 Å². The standard InChI is InChI=1S/C16H28N2S2/c1-13(8-14-6-5-7-20-14)18(4)16(10-17)9-15(2,3)11-19-12-16/h5-7,13H,8-12,17H2,1-4H3. The van der Waals surface area contributed by atoms with Crippen molar-refractivity contribution in [3.63, 3.8) is 0 Å². The Balaban J connectivity index is 2.09. The molecule has 2 rings (SSSR count). The first-order valence-electron chi connectivity index (χ1n) is 7.42. The van der Waals surface area contributed by atoms with Crippen LogP contribution >= 0.6 is 23.1 Å². The van der Waals surface area contributed by atoms with E-state index in [1.165, 1.54) is 17.1 Å². The molecule has 2 heterocycles. The van der Waals surface area contributed by atoms with E-state index in [-0.39, 0.29) is 5.54 Å². The zero-order valence-corrected chi connectivity index (χ0v) is 14.8. The van der Waals surface area contributed by atoms with Crippen LogP contribution in [0.2, 0.25) is 0 Å². The zero-order valence-electron chi connectivity index (χ0n) is 13.2. The van der Waals surface area contributed by atoms with Gasteiger partial charge >= 0.3 is 0 Å². The van der Waals surface area contributed by atoms with E-state index in [1.807, 2.05) is 11.3 Å². The van der Waals surface area contributed by atoms with Gasteiger partial charge in [0.2, 0.25) is 0 Å². The van der Waals surface area contributed by atoms with E-state index < -0.39 is 0 Å². The Labute approximate surface area is 132 Å². The first-order valence-corrected chi connectivity index (χ1v) is 9.45. The number of thiophene rings is 1. The molecule has 1 aliphatic heterocycles. The summed E-state index contributed by atoms with van der Waals surface area (Å²) in [6.45, 7) is 7.85. The molecule has 0 spiro atoms. The van der Waals surface area contributed by atoms with Crippen molar-refractivity contribution in [3.05, 3.63) is 22.4 Å². The van der Waals surface area contributed by atoms with Crippen LogP contribution in [0.15, 0.2) is 17.5 Å². The molecule has 0 aliphatic carbocycles. The summed E-state index contributed by atoms with van der Waals surface area (Å²) in [6, 6.07) is 4.92. The van der Waals surface area contributed by atoms with Crippen LogP contribution in [0.3, 0.4) is 0 Å². The maximum absolute atomic E-state index is 6.22. The average molecular weight is 313 g/mol. The molecule has 1 saturated heterocycles. The maximum atomic E-state index is 6.22. The van der Waals surface area contributed by atoms with Crippen LogP contribution in [0.4, 0.5) is 0 Å². The Hall–Kier alpha value is -0.0300. The minimum atomic E-state index is 0.156. The van der Waals surface area contributed by atoms with Gasteiger partial charge in [0.1, 0.15) is 0 Å². The van der Waals surface area contributed by atoms with Gasteiger partial charge in [0.15, 0.2) is 0 Å². The summed E-state index contributed by atoms with van der Waals surface area (Å²) in [4.78, 5) is 4.03. The second kappa shape index (κ2) is 6.39. The molecule has 2 unspecified atom stereocenters. The third-order valence-corrected chi connectivity index (χ3v) is 7.16. The first-order chi connectivity index (χ1) is 9.38. The largest absolute Gasteiger partial charge is 0.329 e. The third-order valence-electron chi connectivity index (χ3n) is 4.54. The molecule has 1 aliphatic rings. The molecular formula is C16H28N2S2. The number of nitrogens with zero attached hydrogens (tertiary/aromatic N) is 1. The molecule has 1 aromatic rings. The Morgan fingerprint density at radius 1 is 1.40 bits per heavy atom. The molecule has 2 N–H and O–H groups in total. The monoisotopic (exact) mass is 312 g/mol. The van der Waals surface area contributed by atoms with Crippen molar-refractivity contribution in [1.29, 1.82) is 0 Å². The van der Waals surface area contributed by atoms with Crippen LogP contribution in [-0.2, 0) is 6.42 Å². The van der Waals surface area contributed by atoms with E-state index in [0.29, 0.717) is 11.5 Å². The molecule has 0 saturated carbocycles. The zero-order chi connectivity index (χ0) is 14.8. The van der Waals surface area contributed by atoms with Crippen LogP contribution in [0.1, 0.15) is 32.1 Å². The fraction of sp³-hybridized carbons (Fsp3) is 0.750. The Morgan fingerprint density at radius 3 is 2.70 bits per heavy atom. The van der Waals surface area contributed by atoms with Gasteiger partial charge in [-0.15, -0.1) is 11.3 Å². The van der Waals surface area contributed by atoms with Gasteiger partial charge in [0.05, 0.1) is 0 Å². The molecule has 1 aromatic heterocycles. The van der Waals surface area contributed by atoms with Crippen molar-refractivity contribution >= 4 is 23.1 Å². The predicted molar refractivity (Wildman–Crippen MR) is 92.8 cm³/mol. The molecule has 2 atom stereocenters. The van der Waals surface area contributed by atoms with Crippen LogP contribution in [0, 0.1) is 5.41 Å². The minimum Gasteiger partial charge on any atom is -0.329 e. The van der Waals surface area contributed by atoms with Crippen molar-refractivity contribution in [2.75, 3.05) is 25.1 Å². The van der Waals surface area contributed by atoms with Crippen molar-refractivity contribution in [1.82, 2.24) is 4.90 Å². The van der Waals surface area contributed by atoms with Gasteiger partial charge in [0, 0.05) is 28.8 Å². The fourth-order valence-corrected chi connectivity index (χ4v) is 5.72. The number of hydrogen-bond acceptors (Lipinski definition) is 4. The lowest BCUT2D eigenvalue weighted by Gasteiger charge is -2.51. The molecular weight excluding hydrogens is 284 g/mol. The number of thioether (sulfide) groups is 1. The molecule has 2 nitrogen and oxygen atoms in total. The maximum Gasteiger partial charge on any atom is 0.0427 e. The highest BCUT2D eigenvalue weighted by molar-refractivity contribution is 7.99. The van der Waals surface area contributed by atoms with Crippen molar-refractivity contribution in [2.45, 2.75) is 45.2 Å². The molecule has 0 amide bonds. The lowest BCUT2D eigenvalue weighted by atomic mass is 9.78. The normalized spacial score (nSPS) is 27.7. The second-order valence-electron chi connectivity index (χ2n) is 7.01. The summed E-state index contributed by atoms with van der Waals surface area (Å²) < 4.78 is 0. The van der Waals surface area contributed by atoms with E-state index in [1.54, 1.807) is 0 Å². The van der Waals surface area contributed by atoms with Gasteiger partial charge in [-0.3, -0.25) is 4.90 Å². The van der Waals surface area contributed by atoms with Crippen LogP contribution in [0.25, 0.3) is 0 Å². The van der Waals surface area contributed by atoms with Crippen LogP contribution in [0.5, 0.6) is 0 Å². The third kappa shape index (κ3) is 3.59. The fourth-order valence-electron chi connectivity index (χ4n) is 3.34. The highest BCUT2D eigenvalue weighted by Crippen LogP contribution is 2.42. The summed E-state index contributed by atoms with van der Waals surface area (Å²) in [5, 5.41) is 2.17. The molecule has 114 valence electrons. The van der Waals surface area contributed by atoms with Gasteiger partial charge in [-0.1, -0.05) is 19.9 Å². The molecule has 4 heteroatoms. The summed E-state index contributed by atoms with van der Waals surface area (Å²) in [6.07, 6.45) is 2.33. The van der Waals surface area contributed by atoms with Gasteiger partial charge in [-0.25, -0.2) is 0 Å². The van der Waals surface area contributed by atoms with Crippen molar-refractivity contribution < 1.29 is 0 Å². The summed E-state index contributed by atoms with van der Waals surface area (Å²) in [5.41, 5.74) is 6.76. The van der Waals surface area contributed by atoms with E-state index in [4.69, 9.17) is 5.73 Å². The average Bonchev–Trinajstić information content (AvgIpc) is 2.89.